The van der Waals surface area contributed by atoms with Gasteiger partial charge in [-0.3, -0.25) is 4.79 Å². The van der Waals surface area contributed by atoms with Gasteiger partial charge in [-0.15, -0.1) is 0 Å². The fourth-order valence-corrected chi connectivity index (χ4v) is 2.86. The molecular formula is C18H17NO. The Labute approximate surface area is 119 Å². The van der Waals surface area contributed by atoms with Crippen LogP contribution in [0.25, 0.3) is 0 Å². The lowest BCUT2D eigenvalue weighted by atomic mass is 9.85. The molecule has 0 N–H and O–H groups in total. The van der Waals surface area contributed by atoms with Gasteiger partial charge < -0.3 is 0 Å². The molecule has 20 heavy (non-hydrogen) atoms. The molecule has 0 fully saturated rings. The molecule has 0 radical (unpaired) electrons. The van der Waals surface area contributed by atoms with E-state index >= 15 is 0 Å². The van der Waals surface area contributed by atoms with Gasteiger partial charge in [0, 0.05) is 23.6 Å². The third-order valence-electron chi connectivity index (χ3n) is 3.88. The van der Waals surface area contributed by atoms with E-state index in [1.165, 1.54) is 5.56 Å². The largest absolute Gasteiger partial charge is 0.277 e. The lowest BCUT2D eigenvalue weighted by molar-refractivity contribution is 0.0999. The van der Waals surface area contributed by atoms with Gasteiger partial charge in [0.1, 0.15) is 0 Å². The second kappa shape index (κ2) is 5.41. The van der Waals surface area contributed by atoms with Crippen LogP contribution in [0.2, 0.25) is 0 Å². The Bertz CT molecular complexity index is 658. The molecule has 1 aliphatic heterocycles. The predicted molar refractivity (Wildman–Crippen MR) is 81.4 cm³/mol. The van der Waals surface area contributed by atoms with E-state index in [1.54, 1.807) is 0 Å². The number of hydrogen-bond donors (Lipinski definition) is 0. The molecule has 1 aliphatic rings. The third-order valence-corrected chi connectivity index (χ3v) is 3.88. The Hall–Kier alpha value is -2.22. The molecule has 0 spiro atoms. The normalized spacial score (nSPS) is 15.4. The van der Waals surface area contributed by atoms with Crippen molar-refractivity contribution < 1.29 is 4.79 Å². The van der Waals surface area contributed by atoms with Gasteiger partial charge in [0.2, 0.25) is 0 Å². The smallest absolute Gasteiger partial charge is 0.267 e. The number of benzene rings is 2. The zero-order valence-electron chi connectivity index (χ0n) is 11.5. The zero-order valence-corrected chi connectivity index (χ0v) is 11.5. The van der Waals surface area contributed by atoms with Gasteiger partial charge in [0.05, 0.1) is 0 Å². The highest BCUT2D eigenvalue weighted by molar-refractivity contribution is 6.10. The number of carbonyl (C=O) groups excluding carboxylic acids is 1. The second-order valence-corrected chi connectivity index (χ2v) is 5.11. The van der Waals surface area contributed by atoms with Gasteiger partial charge in [0.15, 0.2) is 0 Å². The van der Waals surface area contributed by atoms with Crippen LogP contribution in [0, 0.1) is 0 Å². The topological polar surface area (TPSA) is 29.4 Å². The Morgan fingerprint density at radius 3 is 2.50 bits per heavy atom. The van der Waals surface area contributed by atoms with Gasteiger partial charge >= 0.3 is 0 Å². The standard InChI is InChI=1S/C18H17NO/c1-2-15(13-8-4-3-5-9-13)17-12-14-10-6-7-11-16(14)18(20)19-17/h3-11,15H,2,12H2,1H3. The lowest BCUT2D eigenvalue weighted by Gasteiger charge is -2.22. The molecule has 2 heteroatoms. The fraction of sp³-hybridized carbons (Fsp3) is 0.222. The number of aliphatic imine (C=N–C) groups is 1. The molecule has 1 heterocycles. The van der Waals surface area contributed by atoms with E-state index in [4.69, 9.17) is 0 Å². The summed E-state index contributed by atoms with van der Waals surface area (Å²) in [6.07, 6.45) is 1.73. The highest BCUT2D eigenvalue weighted by Crippen LogP contribution is 2.27. The van der Waals surface area contributed by atoms with Gasteiger partial charge in [-0.1, -0.05) is 55.5 Å². The lowest BCUT2D eigenvalue weighted by Crippen LogP contribution is -2.22. The molecule has 0 saturated heterocycles. The quantitative estimate of drug-likeness (QED) is 0.822. The van der Waals surface area contributed by atoms with Crippen molar-refractivity contribution in [3.8, 4) is 0 Å². The van der Waals surface area contributed by atoms with E-state index in [1.807, 2.05) is 42.5 Å². The third kappa shape index (κ3) is 2.29. The number of amides is 1. The van der Waals surface area contributed by atoms with E-state index in [9.17, 15) is 4.79 Å². The van der Waals surface area contributed by atoms with E-state index in [-0.39, 0.29) is 11.8 Å². The molecule has 2 aromatic rings. The Balaban J connectivity index is 1.97. The van der Waals surface area contributed by atoms with E-state index in [0.717, 1.165) is 29.7 Å². The number of rotatable bonds is 3. The van der Waals surface area contributed by atoms with Gasteiger partial charge in [0.25, 0.3) is 5.91 Å². The summed E-state index contributed by atoms with van der Waals surface area (Å²) in [5.74, 6) is 0.129. The van der Waals surface area contributed by atoms with Crippen molar-refractivity contribution in [2.24, 2.45) is 4.99 Å². The van der Waals surface area contributed by atoms with Crippen molar-refractivity contribution in [2.75, 3.05) is 0 Å². The first kappa shape index (κ1) is 12.8. The highest BCUT2D eigenvalue weighted by atomic mass is 16.1. The summed E-state index contributed by atoms with van der Waals surface area (Å²) in [4.78, 5) is 16.5. The van der Waals surface area contributed by atoms with Crippen molar-refractivity contribution in [1.82, 2.24) is 0 Å². The maximum Gasteiger partial charge on any atom is 0.277 e. The molecule has 0 saturated carbocycles. The second-order valence-electron chi connectivity index (χ2n) is 5.11. The first-order valence-corrected chi connectivity index (χ1v) is 7.04. The molecule has 1 atom stereocenters. The first-order valence-electron chi connectivity index (χ1n) is 7.04. The van der Waals surface area contributed by atoms with Crippen LogP contribution in [0.4, 0.5) is 0 Å². The number of nitrogens with zero attached hydrogens (tertiary/aromatic N) is 1. The highest BCUT2D eigenvalue weighted by Gasteiger charge is 2.24. The predicted octanol–water partition coefficient (Wildman–Crippen LogP) is 4.02. The summed E-state index contributed by atoms with van der Waals surface area (Å²) in [5, 5.41) is 0. The molecule has 0 aliphatic carbocycles. The van der Waals surface area contributed by atoms with Crippen LogP contribution in [-0.4, -0.2) is 11.6 Å². The monoisotopic (exact) mass is 263 g/mol. The van der Waals surface area contributed by atoms with Gasteiger partial charge in [-0.05, 0) is 23.6 Å². The average Bonchev–Trinajstić information content (AvgIpc) is 2.49. The van der Waals surface area contributed by atoms with Crippen LogP contribution >= 0.6 is 0 Å². The molecule has 2 aromatic carbocycles. The molecule has 1 amide bonds. The Morgan fingerprint density at radius 1 is 1.05 bits per heavy atom. The van der Waals surface area contributed by atoms with Crippen LogP contribution < -0.4 is 0 Å². The summed E-state index contributed by atoms with van der Waals surface area (Å²) >= 11 is 0. The van der Waals surface area contributed by atoms with E-state index in [2.05, 4.69) is 24.0 Å². The number of hydrogen-bond acceptors (Lipinski definition) is 1. The van der Waals surface area contributed by atoms with Crippen molar-refractivity contribution in [3.05, 3.63) is 71.3 Å². The van der Waals surface area contributed by atoms with Crippen molar-refractivity contribution in [1.29, 1.82) is 0 Å². The number of carbonyl (C=O) groups is 1. The van der Waals surface area contributed by atoms with Crippen LogP contribution in [0.5, 0.6) is 0 Å². The first-order chi connectivity index (χ1) is 9.79. The van der Waals surface area contributed by atoms with Crippen molar-refractivity contribution in [3.63, 3.8) is 0 Å². The Morgan fingerprint density at radius 2 is 1.75 bits per heavy atom. The van der Waals surface area contributed by atoms with Gasteiger partial charge in [-0.2, -0.15) is 0 Å². The summed E-state index contributed by atoms with van der Waals surface area (Å²) in [7, 11) is 0. The van der Waals surface area contributed by atoms with E-state index < -0.39 is 0 Å². The summed E-state index contributed by atoms with van der Waals surface area (Å²) in [6, 6.07) is 18.1. The summed E-state index contributed by atoms with van der Waals surface area (Å²) in [6.45, 7) is 2.14. The van der Waals surface area contributed by atoms with Crippen LogP contribution in [0.3, 0.4) is 0 Å². The maximum absolute atomic E-state index is 12.2. The van der Waals surface area contributed by atoms with Crippen LogP contribution in [0.1, 0.15) is 40.7 Å². The van der Waals surface area contributed by atoms with Crippen molar-refractivity contribution >= 4 is 11.6 Å². The number of fused-ring (bicyclic) bond motifs is 1. The molecule has 100 valence electrons. The molecule has 0 aromatic heterocycles. The molecule has 3 rings (SSSR count). The SMILES string of the molecule is CCC(C1=NC(=O)c2ccccc2C1)c1ccccc1. The summed E-state index contributed by atoms with van der Waals surface area (Å²) in [5.41, 5.74) is 4.07. The fourth-order valence-electron chi connectivity index (χ4n) is 2.86. The Kier molecular flexibility index (Phi) is 3.46. The minimum atomic E-state index is -0.101. The van der Waals surface area contributed by atoms with E-state index in [0.29, 0.717) is 0 Å². The zero-order chi connectivity index (χ0) is 13.9. The minimum Gasteiger partial charge on any atom is -0.267 e. The molecule has 0 bridgehead atoms. The average molecular weight is 263 g/mol. The van der Waals surface area contributed by atoms with Crippen molar-refractivity contribution in [2.45, 2.75) is 25.7 Å². The van der Waals surface area contributed by atoms with Gasteiger partial charge in [-0.25, -0.2) is 4.99 Å². The van der Waals surface area contributed by atoms with Crippen LogP contribution in [0.15, 0.2) is 59.6 Å². The van der Waals surface area contributed by atoms with Crippen LogP contribution in [-0.2, 0) is 6.42 Å². The molecular weight excluding hydrogens is 246 g/mol. The minimum absolute atomic E-state index is 0.101. The maximum atomic E-state index is 12.2. The molecule has 1 unspecified atom stereocenters. The summed E-state index contributed by atoms with van der Waals surface area (Å²) < 4.78 is 0. The molecule has 2 nitrogen and oxygen atoms in total.